The quantitative estimate of drug-likeness (QED) is 0.474. The molecule has 0 atom stereocenters. The predicted molar refractivity (Wildman–Crippen MR) is 119 cm³/mol. The molecule has 33 heavy (non-hydrogen) atoms. The van der Waals surface area contributed by atoms with E-state index in [1.54, 1.807) is 45.3 Å². The summed E-state index contributed by atoms with van der Waals surface area (Å²) in [6, 6.07) is 9.61. The molecule has 1 fully saturated rings. The number of H-pyrrole nitrogens is 1. The molecule has 4 aromatic rings. The number of rotatable bonds is 6. The topological polar surface area (TPSA) is 129 Å². The first-order valence-electron chi connectivity index (χ1n) is 10.5. The van der Waals surface area contributed by atoms with E-state index in [0.29, 0.717) is 55.7 Å². The number of nitrogens with zero attached hydrogens (tertiary/aromatic N) is 8. The van der Waals surface area contributed by atoms with Gasteiger partial charge >= 0.3 is 0 Å². The molecule has 3 aromatic heterocycles. The van der Waals surface area contributed by atoms with Gasteiger partial charge in [0.1, 0.15) is 6.54 Å². The number of morpholine rings is 1. The van der Waals surface area contributed by atoms with Crippen molar-refractivity contribution >= 4 is 28.6 Å². The van der Waals surface area contributed by atoms with E-state index in [4.69, 9.17) is 9.72 Å². The summed E-state index contributed by atoms with van der Waals surface area (Å²) in [5, 5.41) is 21.4. The Bertz CT molecular complexity index is 1300. The van der Waals surface area contributed by atoms with Gasteiger partial charge in [0.25, 0.3) is 0 Å². The average molecular weight is 443 g/mol. The average Bonchev–Trinajstić information content (AvgIpc) is 3.54. The van der Waals surface area contributed by atoms with Crippen molar-refractivity contribution in [1.29, 1.82) is 5.26 Å². The van der Waals surface area contributed by atoms with Crippen LogP contribution < -0.4 is 4.90 Å². The zero-order valence-corrected chi connectivity index (χ0v) is 17.8. The normalized spacial score (nSPS) is 13.7. The van der Waals surface area contributed by atoms with Crippen molar-refractivity contribution in [2.45, 2.75) is 6.54 Å². The number of carbonyl (C=O) groups excluding carboxylic acids is 1. The zero-order chi connectivity index (χ0) is 22.6. The number of fused-ring (bicyclic) bond motifs is 1. The van der Waals surface area contributed by atoms with E-state index in [-0.39, 0.29) is 12.5 Å². The molecule has 0 unspecified atom stereocenters. The summed E-state index contributed by atoms with van der Waals surface area (Å²) in [4.78, 5) is 25.7. The second kappa shape index (κ2) is 9.05. The van der Waals surface area contributed by atoms with Gasteiger partial charge in [-0.15, -0.1) is 0 Å². The number of aromatic nitrogens is 6. The van der Waals surface area contributed by atoms with Crippen LogP contribution in [0.25, 0.3) is 11.0 Å². The second-order valence-electron chi connectivity index (χ2n) is 7.56. The minimum Gasteiger partial charge on any atom is -0.378 e. The van der Waals surface area contributed by atoms with Crippen LogP contribution in [0, 0.1) is 11.3 Å². The lowest BCUT2D eigenvalue weighted by Gasteiger charge is -2.29. The van der Waals surface area contributed by atoms with Gasteiger partial charge in [-0.25, -0.2) is 9.67 Å². The minimum atomic E-state index is -0.0420. The molecule has 1 aliphatic rings. The van der Waals surface area contributed by atoms with Crippen LogP contribution in [0.5, 0.6) is 0 Å². The third-order valence-corrected chi connectivity index (χ3v) is 5.52. The molecule has 0 radical (unpaired) electrons. The number of hydrogen-bond donors (Lipinski definition) is 1. The van der Waals surface area contributed by atoms with E-state index in [2.05, 4.69) is 26.3 Å². The third kappa shape index (κ3) is 4.24. The Morgan fingerprint density at radius 1 is 1.21 bits per heavy atom. The summed E-state index contributed by atoms with van der Waals surface area (Å²) in [6.07, 6.45) is 6.69. The first-order chi connectivity index (χ1) is 16.2. The molecule has 0 bridgehead atoms. The molecule has 166 valence electrons. The standard InChI is InChI=1S/C22H21N9O2/c23-9-16-3-1-2-4-17(16)14-31-21-18(11-27-31)10-24-22(28-21)30(19-12-25-26-13-19)15-20(32)29-5-7-33-8-6-29/h1-4,10-13H,5-8,14-15H2,(H,25,26). The molecule has 11 nitrogen and oxygen atoms in total. The van der Waals surface area contributed by atoms with E-state index in [0.717, 1.165) is 10.9 Å². The Morgan fingerprint density at radius 3 is 2.85 bits per heavy atom. The maximum absolute atomic E-state index is 13.0. The number of aromatic amines is 1. The molecule has 11 heteroatoms. The Labute approximate surface area is 189 Å². The van der Waals surface area contributed by atoms with Crippen molar-refractivity contribution in [1.82, 2.24) is 34.8 Å². The summed E-state index contributed by atoms with van der Waals surface area (Å²) in [6.45, 7) is 2.64. The van der Waals surface area contributed by atoms with Gasteiger partial charge in [-0.05, 0) is 11.6 Å². The largest absolute Gasteiger partial charge is 0.378 e. The molecule has 0 spiro atoms. The molecule has 1 saturated heterocycles. The highest BCUT2D eigenvalue weighted by molar-refractivity contribution is 5.84. The van der Waals surface area contributed by atoms with Crippen molar-refractivity contribution in [2.24, 2.45) is 0 Å². The number of benzene rings is 1. The fourth-order valence-corrected chi connectivity index (χ4v) is 3.75. The maximum Gasteiger partial charge on any atom is 0.242 e. The number of nitrogens with one attached hydrogen (secondary N) is 1. The number of hydrogen-bond acceptors (Lipinski definition) is 8. The minimum absolute atomic E-state index is 0.0420. The number of ether oxygens (including phenoxy) is 1. The highest BCUT2D eigenvalue weighted by Crippen LogP contribution is 2.23. The van der Waals surface area contributed by atoms with Crippen LogP contribution >= 0.6 is 0 Å². The number of anilines is 2. The lowest BCUT2D eigenvalue weighted by Crippen LogP contribution is -2.45. The van der Waals surface area contributed by atoms with Crippen molar-refractivity contribution in [3.8, 4) is 6.07 Å². The molecule has 4 heterocycles. The Kier molecular flexibility index (Phi) is 5.65. The van der Waals surface area contributed by atoms with Crippen molar-refractivity contribution in [3.05, 3.63) is 60.2 Å². The number of amides is 1. The molecule has 5 rings (SSSR count). The first-order valence-corrected chi connectivity index (χ1v) is 10.5. The van der Waals surface area contributed by atoms with Crippen molar-refractivity contribution in [3.63, 3.8) is 0 Å². The smallest absolute Gasteiger partial charge is 0.242 e. The van der Waals surface area contributed by atoms with E-state index in [1.807, 2.05) is 18.2 Å². The van der Waals surface area contributed by atoms with Crippen molar-refractivity contribution < 1.29 is 9.53 Å². The summed E-state index contributed by atoms with van der Waals surface area (Å²) in [5.74, 6) is 0.320. The molecular formula is C22H21N9O2. The van der Waals surface area contributed by atoms with Crippen LogP contribution in [0.3, 0.4) is 0 Å². The lowest BCUT2D eigenvalue weighted by molar-refractivity contribution is -0.133. The molecule has 1 aliphatic heterocycles. The van der Waals surface area contributed by atoms with Gasteiger partial charge in [-0.3, -0.25) is 14.8 Å². The zero-order valence-electron chi connectivity index (χ0n) is 17.8. The van der Waals surface area contributed by atoms with Crippen LogP contribution in [0.15, 0.2) is 49.1 Å². The Morgan fingerprint density at radius 2 is 2.06 bits per heavy atom. The van der Waals surface area contributed by atoms with Gasteiger partial charge in [-0.2, -0.15) is 20.4 Å². The summed E-state index contributed by atoms with van der Waals surface area (Å²) < 4.78 is 7.08. The molecular weight excluding hydrogens is 422 g/mol. The highest BCUT2D eigenvalue weighted by atomic mass is 16.5. The third-order valence-electron chi connectivity index (χ3n) is 5.52. The number of nitriles is 1. The monoisotopic (exact) mass is 443 g/mol. The lowest BCUT2D eigenvalue weighted by atomic mass is 10.1. The highest BCUT2D eigenvalue weighted by Gasteiger charge is 2.23. The fourth-order valence-electron chi connectivity index (χ4n) is 3.75. The van der Waals surface area contributed by atoms with E-state index < -0.39 is 0 Å². The predicted octanol–water partition coefficient (Wildman–Crippen LogP) is 1.47. The van der Waals surface area contributed by atoms with Gasteiger partial charge in [0.05, 0.1) is 54.9 Å². The van der Waals surface area contributed by atoms with Crippen molar-refractivity contribution in [2.75, 3.05) is 37.7 Å². The molecule has 1 N–H and O–H groups in total. The molecule has 0 aliphatic carbocycles. The number of carbonyl (C=O) groups is 1. The molecule has 0 saturated carbocycles. The van der Waals surface area contributed by atoms with Crippen LogP contribution in [0.1, 0.15) is 11.1 Å². The van der Waals surface area contributed by atoms with Gasteiger partial charge in [-0.1, -0.05) is 18.2 Å². The molecule has 1 aromatic carbocycles. The van der Waals surface area contributed by atoms with Gasteiger partial charge < -0.3 is 9.64 Å². The Hall–Kier alpha value is -4.30. The van der Waals surface area contributed by atoms with Gasteiger partial charge in [0.15, 0.2) is 5.65 Å². The van der Waals surface area contributed by atoms with Crippen LogP contribution in [-0.2, 0) is 16.1 Å². The van der Waals surface area contributed by atoms with E-state index in [1.165, 1.54) is 0 Å². The SMILES string of the molecule is N#Cc1ccccc1Cn1ncc2cnc(N(CC(=O)N3CCOCC3)c3cn[nH]c3)nc21. The maximum atomic E-state index is 13.0. The van der Waals surface area contributed by atoms with Gasteiger partial charge in [0.2, 0.25) is 11.9 Å². The van der Waals surface area contributed by atoms with E-state index >= 15 is 0 Å². The summed E-state index contributed by atoms with van der Waals surface area (Å²) in [5.41, 5.74) is 2.72. The fraction of sp³-hybridized carbons (Fsp3) is 0.273. The second-order valence-corrected chi connectivity index (χ2v) is 7.56. The van der Waals surface area contributed by atoms with Gasteiger partial charge in [0, 0.05) is 25.5 Å². The van der Waals surface area contributed by atoms with E-state index in [9.17, 15) is 10.1 Å². The Balaban J connectivity index is 1.48. The molecule has 1 amide bonds. The van der Waals surface area contributed by atoms with Crippen LogP contribution in [0.2, 0.25) is 0 Å². The summed E-state index contributed by atoms with van der Waals surface area (Å²) >= 11 is 0. The summed E-state index contributed by atoms with van der Waals surface area (Å²) in [7, 11) is 0. The van der Waals surface area contributed by atoms with Crippen LogP contribution in [-0.4, -0.2) is 73.6 Å². The first kappa shape index (κ1) is 20.6. The van der Waals surface area contributed by atoms with Crippen LogP contribution in [0.4, 0.5) is 11.6 Å².